The van der Waals surface area contributed by atoms with E-state index in [1.54, 1.807) is 0 Å². The second-order valence-electron chi connectivity index (χ2n) is 3.10. The summed E-state index contributed by atoms with van der Waals surface area (Å²) in [6.07, 6.45) is 0.784. The summed E-state index contributed by atoms with van der Waals surface area (Å²) in [7, 11) is 0. The average Bonchev–Trinajstić information content (AvgIpc) is 2.22. The maximum absolute atomic E-state index is 11.2. The lowest BCUT2D eigenvalue weighted by molar-refractivity contribution is -0.136. The van der Waals surface area contributed by atoms with Gasteiger partial charge in [-0.2, -0.15) is 0 Å². The molecule has 0 spiro atoms. The number of urea groups is 1. The maximum atomic E-state index is 11.2. The van der Waals surface area contributed by atoms with Gasteiger partial charge >= 0.3 is 12.0 Å². The van der Waals surface area contributed by atoms with E-state index in [0.717, 1.165) is 18.2 Å². The summed E-state index contributed by atoms with van der Waals surface area (Å²) < 4.78 is 0. The van der Waals surface area contributed by atoms with Crippen LogP contribution in [0.2, 0.25) is 0 Å². The summed E-state index contributed by atoms with van der Waals surface area (Å²) in [5, 5.41) is 12.5. The lowest BCUT2D eigenvalue weighted by atomic mass is 10.5. The molecule has 0 heterocycles. The third-order valence-electron chi connectivity index (χ3n) is 1.60. The first kappa shape index (κ1) is 14.8. The van der Waals surface area contributed by atoms with Crippen LogP contribution >= 0.6 is 11.8 Å². The molecule has 6 nitrogen and oxygen atoms in total. The molecule has 0 fully saturated rings. The van der Waals surface area contributed by atoms with Crippen LogP contribution in [0.3, 0.4) is 0 Å². The van der Waals surface area contributed by atoms with E-state index in [0.29, 0.717) is 6.54 Å². The molecule has 1 atom stereocenters. The molecule has 0 aromatic carbocycles. The van der Waals surface area contributed by atoms with E-state index < -0.39 is 23.2 Å². The summed E-state index contributed by atoms with van der Waals surface area (Å²) in [6.45, 7) is 3.88. The van der Waals surface area contributed by atoms with Gasteiger partial charge in [-0.15, -0.1) is 11.8 Å². The minimum Gasteiger partial charge on any atom is -0.480 e. The van der Waals surface area contributed by atoms with Crippen LogP contribution in [0.4, 0.5) is 4.79 Å². The van der Waals surface area contributed by atoms with Gasteiger partial charge in [-0.3, -0.25) is 14.9 Å². The summed E-state index contributed by atoms with van der Waals surface area (Å²) in [5.74, 6) is -1.52. The Labute approximate surface area is 98.2 Å². The molecule has 3 amide bonds. The number of nitrogens with one attached hydrogen (secondary N) is 2. The number of carboxylic acids is 1. The minimum absolute atomic E-state index is 0.0486. The van der Waals surface area contributed by atoms with E-state index in [9.17, 15) is 14.4 Å². The summed E-state index contributed by atoms with van der Waals surface area (Å²) >= 11 is 0.967. The minimum atomic E-state index is -0.978. The molecule has 16 heavy (non-hydrogen) atoms. The van der Waals surface area contributed by atoms with Gasteiger partial charge < -0.3 is 10.4 Å². The topological polar surface area (TPSA) is 95.5 Å². The van der Waals surface area contributed by atoms with Crippen LogP contribution in [-0.4, -0.2) is 40.6 Å². The summed E-state index contributed by atoms with van der Waals surface area (Å²) in [6, 6.07) is -0.546. The lowest BCUT2D eigenvalue weighted by Crippen LogP contribution is -2.40. The fraction of sp³-hybridized carbons (Fsp3) is 0.667. The summed E-state index contributed by atoms with van der Waals surface area (Å²) in [4.78, 5) is 32.6. The number of aliphatic carboxylic acids is 1. The lowest BCUT2D eigenvalue weighted by Gasteiger charge is -2.07. The Morgan fingerprint density at radius 2 is 2.00 bits per heavy atom. The Morgan fingerprint density at radius 3 is 2.50 bits per heavy atom. The number of rotatable bonds is 6. The van der Waals surface area contributed by atoms with Crippen molar-refractivity contribution >= 4 is 29.7 Å². The molecule has 0 aliphatic carbocycles. The Hall–Kier alpha value is -1.24. The van der Waals surface area contributed by atoms with Crippen molar-refractivity contribution in [3.63, 3.8) is 0 Å². The van der Waals surface area contributed by atoms with E-state index in [1.165, 1.54) is 6.92 Å². The normalized spacial score (nSPS) is 11.6. The van der Waals surface area contributed by atoms with Crippen molar-refractivity contribution in [1.82, 2.24) is 10.6 Å². The smallest absolute Gasteiger partial charge is 0.321 e. The first-order valence-electron chi connectivity index (χ1n) is 4.89. The van der Waals surface area contributed by atoms with E-state index >= 15 is 0 Å². The van der Waals surface area contributed by atoms with Crippen LogP contribution < -0.4 is 10.6 Å². The maximum Gasteiger partial charge on any atom is 0.321 e. The molecule has 0 aliphatic heterocycles. The molecule has 7 heteroatoms. The van der Waals surface area contributed by atoms with Crippen molar-refractivity contribution in [2.24, 2.45) is 0 Å². The average molecular weight is 248 g/mol. The Bertz CT molecular complexity index is 270. The predicted molar refractivity (Wildman–Crippen MR) is 61.4 cm³/mol. The predicted octanol–water partition coefficient (Wildman–Crippen LogP) is 0.428. The molecule has 0 bridgehead atoms. The van der Waals surface area contributed by atoms with Crippen molar-refractivity contribution in [1.29, 1.82) is 0 Å². The highest BCUT2D eigenvalue weighted by Gasteiger charge is 2.14. The van der Waals surface area contributed by atoms with Gasteiger partial charge in [-0.1, -0.05) is 6.92 Å². The van der Waals surface area contributed by atoms with Gasteiger partial charge in [-0.05, 0) is 13.3 Å². The summed E-state index contributed by atoms with van der Waals surface area (Å²) in [5.41, 5.74) is 0. The first-order valence-corrected chi connectivity index (χ1v) is 5.94. The third-order valence-corrected chi connectivity index (χ3v) is 2.73. The van der Waals surface area contributed by atoms with Crippen LogP contribution in [0.15, 0.2) is 0 Å². The highest BCUT2D eigenvalue weighted by Crippen LogP contribution is 2.09. The SMILES string of the molecule is CCCNC(=O)NC(=O)CSC(C)C(=O)O. The number of carboxylic acid groups (broad SMARTS) is 1. The molecule has 3 N–H and O–H groups in total. The standard InChI is InChI=1S/C9H16N2O4S/c1-3-4-10-9(15)11-7(12)5-16-6(2)8(13)14/h6H,3-5H2,1-2H3,(H,13,14)(H2,10,11,12,15). The van der Waals surface area contributed by atoms with E-state index in [-0.39, 0.29) is 5.75 Å². The van der Waals surface area contributed by atoms with Crippen LogP contribution in [0, 0.1) is 0 Å². The Kier molecular flexibility index (Phi) is 7.36. The Balaban J connectivity index is 3.74. The Morgan fingerprint density at radius 1 is 1.38 bits per heavy atom. The number of amides is 3. The van der Waals surface area contributed by atoms with Gasteiger partial charge in [0.15, 0.2) is 0 Å². The van der Waals surface area contributed by atoms with E-state index in [4.69, 9.17) is 5.11 Å². The monoisotopic (exact) mass is 248 g/mol. The molecular weight excluding hydrogens is 232 g/mol. The second-order valence-corrected chi connectivity index (χ2v) is 4.42. The first-order chi connectivity index (χ1) is 7.47. The molecule has 0 aromatic rings. The zero-order valence-corrected chi connectivity index (χ0v) is 10.1. The molecule has 0 saturated carbocycles. The molecular formula is C9H16N2O4S. The van der Waals surface area contributed by atoms with Crippen LogP contribution in [0.5, 0.6) is 0 Å². The van der Waals surface area contributed by atoms with Gasteiger partial charge in [-0.25, -0.2) is 4.79 Å². The molecule has 0 aromatic heterocycles. The van der Waals surface area contributed by atoms with Crippen molar-refractivity contribution in [2.75, 3.05) is 12.3 Å². The number of thioether (sulfide) groups is 1. The fourth-order valence-electron chi connectivity index (χ4n) is 0.717. The van der Waals surface area contributed by atoms with Crippen molar-refractivity contribution in [3.8, 4) is 0 Å². The van der Waals surface area contributed by atoms with Crippen molar-refractivity contribution in [3.05, 3.63) is 0 Å². The number of carbonyl (C=O) groups is 3. The number of imide groups is 1. The number of hydrogen-bond donors (Lipinski definition) is 3. The number of carbonyl (C=O) groups excluding carboxylic acids is 2. The fourth-order valence-corrected chi connectivity index (χ4v) is 1.33. The zero-order chi connectivity index (χ0) is 12.6. The molecule has 0 saturated heterocycles. The molecule has 0 aliphatic rings. The zero-order valence-electron chi connectivity index (χ0n) is 9.28. The van der Waals surface area contributed by atoms with Crippen LogP contribution in [-0.2, 0) is 9.59 Å². The van der Waals surface area contributed by atoms with Crippen molar-refractivity contribution < 1.29 is 19.5 Å². The highest BCUT2D eigenvalue weighted by molar-refractivity contribution is 8.01. The van der Waals surface area contributed by atoms with Crippen LogP contribution in [0.1, 0.15) is 20.3 Å². The number of hydrogen-bond acceptors (Lipinski definition) is 4. The van der Waals surface area contributed by atoms with Gasteiger partial charge in [0.1, 0.15) is 0 Å². The van der Waals surface area contributed by atoms with Gasteiger partial charge in [0.05, 0.1) is 11.0 Å². The molecule has 1 unspecified atom stereocenters. The quantitative estimate of drug-likeness (QED) is 0.633. The van der Waals surface area contributed by atoms with Crippen molar-refractivity contribution in [2.45, 2.75) is 25.5 Å². The molecule has 0 radical (unpaired) electrons. The van der Waals surface area contributed by atoms with E-state index in [2.05, 4.69) is 10.6 Å². The van der Waals surface area contributed by atoms with E-state index in [1.807, 2.05) is 6.92 Å². The third kappa shape index (κ3) is 7.10. The highest BCUT2D eigenvalue weighted by atomic mass is 32.2. The second kappa shape index (κ2) is 7.98. The molecule has 0 rings (SSSR count). The van der Waals surface area contributed by atoms with Gasteiger partial charge in [0, 0.05) is 6.54 Å². The van der Waals surface area contributed by atoms with Crippen LogP contribution in [0.25, 0.3) is 0 Å². The molecule has 92 valence electrons. The van der Waals surface area contributed by atoms with Gasteiger partial charge in [0.25, 0.3) is 0 Å². The van der Waals surface area contributed by atoms with Gasteiger partial charge in [0.2, 0.25) is 5.91 Å². The largest absolute Gasteiger partial charge is 0.480 e.